The van der Waals surface area contributed by atoms with Gasteiger partial charge in [-0.1, -0.05) is 17.7 Å². The van der Waals surface area contributed by atoms with Crippen LogP contribution in [0.25, 0.3) is 0 Å². The number of carbonyl (C=O) groups is 1. The fraction of sp³-hybridized carbons (Fsp3) is 0.381. The van der Waals surface area contributed by atoms with Crippen molar-refractivity contribution in [3.05, 3.63) is 41.0 Å². The third-order valence-electron chi connectivity index (χ3n) is 4.28. The largest absolute Gasteiger partial charge is 0.493 e. The molecule has 2 N–H and O–H groups in total. The van der Waals surface area contributed by atoms with Gasteiger partial charge in [0.1, 0.15) is 0 Å². The van der Waals surface area contributed by atoms with E-state index in [1.54, 1.807) is 33.5 Å². The van der Waals surface area contributed by atoms with Crippen molar-refractivity contribution in [2.45, 2.75) is 27.2 Å². The molecule has 6 nitrogen and oxygen atoms in total. The number of hydrogen-bond donors (Lipinski definition) is 2. The van der Waals surface area contributed by atoms with Gasteiger partial charge in [0, 0.05) is 36.5 Å². The maximum absolute atomic E-state index is 12.3. The summed E-state index contributed by atoms with van der Waals surface area (Å²) >= 11 is 0. The Morgan fingerprint density at radius 1 is 0.889 bits per heavy atom. The monoisotopic (exact) mass is 372 g/mol. The van der Waals surface area contributed by atoms with Crippen molar-refractivity contribution in [3.63, 3.8) is 0 Å². The van der Waals surface area contributed by atoms with E-state index in [1.807, 2.05) is 0 Å². The van der Waals surface area contributed by atoms with Crippen molar-refractivity contribution in [2.24, 2.45) is 0 Å². The van der Waals surface area contributed by atoms with E-state index >= 15 is 0 Å². The van der Waals surface area contributed by atoms with Gasteiger partial charge in [-0.25, -0.2) is 0 Å². The first kappa shape index (κ1) is 20.4. The van der Waals surface area contributed by atoms with Crippen LogP contribution in [0.4, 0.5) is 11.4 Å². The molecule has 0 heterocycles. The molecule has 2 rings (SSSR count). The van der Waals surface area contributed by atoms with Crippen LogP contribution in [0.5, 0.6) is 17.2 Å². The molecule has 0 saturated carbocycles. The zero-order valence-corrected chi connectivity index (χ0v) is 16.9. The highest BCUT2D eigenvalue weighted by atomic mass is 16.5. The van der Waals surface area contributed by atoms with E-state index in [2.05, 4.69) is 43.5 Å². The molecule has 2 aromatic rings. The van der Waals surface area contributed by atoms with Crippen molar-refractivity contribution in [1.82, 2.24) is 0 Å². The Bertz CT molecular complexity index is 770. The third-order valence-corrected chi connectivity index (χ3v) is 4.28. The lowest BCUT2D eigenvalue weighted by molar-refractivity contribution is -0.115. The summed E-state index contributed by atoms with van der Waals surface area (Å²) in [5.41, 5.74) is 5.27. The van der Waals surface area contributed by atoms with Gasteiger partial charge in [-0.2, -0.15) is 0 Å². The van der Waals surface area contributed by atoms with Gasteiger partial charge in [0.2, 0.25) is 11.7 Å². The predicted octanol–water partition coefficient (Wildman–Crippen LogP) is 4.08. The highest BCUT2D eigenvalue weighted by molar-refractivity contribution is 5.91. The Balaban J connectivity index is 2.00. The Morgan fingerprint density at radius 2 is 1.44 bits per heavy atom. The van der Waals surface area contributed by atoms with Crippen LogP contribution in [-0.4, -0.2) is 33.8 Å². The molecule has 0 spiro atoms. The zero-order valence-electron chi connectivity index (χ0n) is 16.9. The lowest BCUT2D eigenvalue weighted by atomic mass is 10.1. The second kappa shape index (κ2) is 9.16. The number of anilines is 2. The van der Waals surface area contributed by atoms with Gasteiger partial charge in [0.05, 0.1) is 21.3 Å². The summed E-state index contributed by atoms with van der Waals surface area (Å²) < 4.78 is 15.9. The number of methoxy groups -OCH3 is 3. The molecule has 0 aliphatic carbocycles. The molecule has 0 saturated heterocycles. The van der Waals surface area contributed by atoms with Crippen LogP contribution in [0.2, 0.25) is 0 Å². The summed E-state index contributed by atoms with van der Waals surface area (Å²) in [5, 5.41) is 6.23. The molecule has 6 heteroatoms. The second-order valence-corrected chi connectivity index (χ2v) is 6.41. The molecule has 1 amide bonds. The fourth-order valence-electron chi connectivity index (χ4n) is 3.14. The molecule has 0 unspecified atom stereocenters. The number of amides is 1. The molecule has 0 aliphatic heterocycles. The highest BCUT2D eigenvalue weighted by Crippen LogP contribution is 2.39. The van der Waals surface area contributed by atoms with Crippen molar-refractivity contribution < 1.29 is 19.0 Å². The summed E-state index contributed by atoms with van der Waals surface area (Å²) in [6, 6.07) is 7.68. The molecule has 146 valence electrons. The van der Waals surface area contributed by atoms with E-state index in [0.29, 0.717) is 35.9 Å². The fourth-order valence-corrected chi connectivity index (χ4v) is 3.14. The van der Waals surface area contributed by atoms with E-state index in [0.717, 1.165) is 5.69 Å². The normalized spacial score (nSPS) is 10.3. The van der Waals surface area contributed by atoms with Crippen LogP contribution in [0, 0.1) is 20.8 Å². The number of benzene rings is 2. The van der Waals surface area contributed by atoms with Crippen LogP contribution in [-0.2, 0) is 4.79 Å². The molecule has 0 radical (unpaired) electrons. The summed E-state index contributed by atoms with van der Waals surface area (Å²) in [6.45, 7) is 6.76. The van der Waals surface area contributed by atoms with Crippen molar-refractivity contribution in [1.29, 1.82) is 0 Å². The molecule has 0 bridgehead atoms. The Labute approximate surface area is 160 Å². The van der Waals surface area contributed by atoms with E-state index < -0.39 is 0 Å². The summed E-state index contributed by atoms with van der Waals surface area (Å²) in [6.07, 6.45) is 0.337. The number of hydrogen-bond acceptors (Lipinski definition) is 5. The average Bonchev–Trinajstić information content (AvgIpc) is 2.62. The summed E-state index contributed by atoms with van der Waals surface area (Å²) in [4.78, 5) is 12.3. The minimum absolute atomic E-state index is 0.0980. The van der Waals surface area contributed by atoms with Crippen LogP contribution in [0.15, 0.2) is 24.3 Å². The number of ether oxygens (including phenoxy) is 3. The summed E-state index contributed by atoms with van der Waals surface area (Å²) in [5.74, 6) is 1.39. The minimum Gasteiger partial charge on any atom is -0.493 e. The van der Waals surface area contributed by atoms with Crippen LogP contribution in [0.3, 0.4) is 0 Å². The lowest BCUT2D eigenvalue weighted by Crippen LogP contribution is -2.17. The quantitative estimate of drug-likeness (QED) is 0.731. The SMILES string of the molecule is COc1cc(NC(=O)CCNc2c(C)cc(C)cc2C)cc(OC)c1OC. The van der Waals surface area contributed by atoms with Crippen LogP contribution in [0.1, 0.15) is 23.1 Å². The van der Waals surface area contributed by atoms with Gasteiger partial charge < -0.3 is 24.8 Å². The maximum Gasteiger partial charge on any atom is 0.226 e. The third kappa shape index (κ3) is 5.06. The van der Waals surface area contributed by atoms with Crippen molar-refractivity contribution in [2.75, 3.05) is 38.5 Å². The second-order valence-electron chi connectivity index (χ2n) is 6.41. The standard InChI is InChI=1S/C21H28N2O4/c1-13-9-14(2)20(15(3)10-13)22-8-7-19(24)23-16-11-17(25-4)21(27-6)18(12-16)26-5/h9-12,22H,7-8H2,1-6H3,(H,23,24). The van der Waals surface area contributed by atoms with Crippen molar-refractivity contribution >= 4 is 17.3 Å². The molecule has 0 aliphatic rings. The van der Waals surface area contributed by atoms with Crippen molar-refractivity contribution in [3.8, 4) is 17.2 Å². The van der Waals surface area contributed by atoms with E-state index in [1.165, 1.54) is 16.7 Å². The summed E-state index contributed by atoms with van der Waals surface area (Å²) in [7, 11) is 4.62. The molecular weight excluding hydrogens is 344 g/mol. The topological polar surface area (TPSA) is 68.8 Å². The van der Waals surface area contributed by atoms with E-state index in [9.17, 15) is 4.79 Å². The molecule has 0 atom stereocenters. The zero-order chi connectivity index (χ0) is 20.0. The number of aryl methyl sites for hydroxylation is 3. The van der Waals surface area contributed by atoms with Gasteiger partial charge in [-0.15, -0.1) is 0 Å². The smallest absolute Gasteiger partial charge is 0.226 e. The Morgan fingerprint density at radius 3 is 1.93 bits per heavy atom. The Kier molecular flexibility index (Phi) is 6.93. The highest BCUT2D eigenvalue weighted by Gasteiger charge is 2.14. The predicted molar refractivity (Wildman–Crippen MR) is 108 cm³/mol. The average molecular weight is 372 g/mol. The van der Waals surface area contributed by atoms with Crippen LogP contribution >= 0.6 is 0 Å². The first-order valence-electron chi connectivity index (χ1n) is 8.81. The molecule has 2 aromatic carbocycles. The molecule has 0 aromatic heterocycles. The van der Waals surface area contributed by atoms with E-state index in [4.69, 9.17) is 14.2 Å². The molecule has 27 heavy (non-hydrogen) atoms. The van der Waals surface area contributed by atoms with Gasteiger partial charge in [-0.05, 0) is 31.9 Å². The van der Waals surface area contributed by atoms with E-state index in [-0.39, 0.29) is 5.91 Å². The van der Waals surface area contributed by atoms with Gasteiger partial charge in [0.25, 0.3) is 0 Å². The van der Waals surface area contributed by atoms with Gasteiger partial charge in [0.15, 0.2) is 11.5 Å². The number of nitrogens with one attached hydrogen (secondary N) is 2. The number of rotatable bonds is 8. The maximum atomic E-state index is 12.3. The van der Waals surface area contributed by atoms with Gasteiger partial charge >= 0.3 is 0 Å². The van der Waals surface area contributed by atoms with Gasteiger partial charge in [-0.3, -0.25) is 4.79 Å². The first-order chi connectivity index (χ1) is 12.9. The number of carbonyl (C=O) groups excluding carboxylic acids is 1. The molecule has 0 fully saturated rings. The minimum atomic E-state index is -0.0980. The van der Waals surface area contributed by atoms with Crippen LogP contribution < -0.4 is 24.8 Å². The lowest BCUT2D eigenvalue weighted by Gasteiger charge is -2.15. The Hall–Kier alpha value is -2.89. The molecular formula is C21H28N2O4. The first-order valence-corrected chi connectivity index (χ1v) is 8.81.